The van der Waals surface area contributed by atoms with Gasteiger partial charge in [-0.15, -0.1) is 0 Å². The minimum absolute atomic E-state index is 0.0744. The molecule has 0 aliphatic heterocycles. The fraction of sp³-hybridized carbons (Fsp3) is 0.312. The Bertz CT molecular complexity index is 697. The van der Waals surface area contributed by atoms with Crippen molar-refractivity contribution in [2.75, 3.05) is 13.1 Å². The largest absolute Gasteiger partial charge is 0.354 e. The highest BCUT2D eigenvalue weighted by molar-refractivity contribution is 5.99. The molecule has 0 saturated carbocycles. The number of aromatic amines is 1. The zero-order valence-electron chi connectivity index (χ0n) is 13.0. The maximum Gasteiger partial charge on any atom is 0.255 e. The van der Waals surface area contributed by atoms with Crippen molar-refractivity contribution in [3.8, 4) is 11.3 Å². The SMILES string of the molecule is CC(C)C(=O)NCCNC(=O)c1cn[nH]c1-c1ccccc1F. The molecular formula is C16H19FN4O2. The number of rotatable bonds is 6. The molecule has 1 aromatic heterocycles. The van der Waals surface area contributed by atoms with Gasteiger partial charge in [-0.1, -0.05) is 26.0 Å². The molecule has 0 aliphatic carbocycles. The minimum atomic E-state index is -0.435. The van der Waals surface area contributed by atoms with Crippen LogP contribution in [0.15, 0.2) is 30.5 Å². The van der Waals surface area contributed by atoms with E-state index in [9.17, 15) is 14.0 Å². The van der Waals surface area contributed by atoms with Gasteiger partial charge >= 0.3 is 0 Å². The van der Waals surface area contributed by atoms with Gasteiger partial charge in [0.1, 0.15) is 5.82 Å². The second-order valence-corrected chi connectivity index (χ2v) is 5.34. The number of nitrogens with one attached hydrogen (secondary N) is 3. The van der Waals surface area contributed by atoms with Gasteiger partial charge in [-0.25, -0.2) is 4.39 Å². The van der Waals surface area contributed by atoms with E-state index in [1.165, 1.54) is 12.3 Å². The molecule has 0 radical (unpaired) electrons. The number of halogens is 1. The smallest absolute Gasteiger partial charge is 0.255 e. The zero-order valence-corrected chi connectivity index (χ0v) is 13.0. The number of carbonyl (C=O) groups excluding carboxylic acids is 2. The summed E-state index contributed by atoms with van der Waals surface area (Å²) in [4.78, 5) is 23.6. The van der Waals surface area contributed by atoms with Gasteiger partial charge in [0.15, 0.2) is 0 Å². The Morgan fingerprint density at radius 3 is 2.61 bits per heavy atom. The van der Waals surface area contributed by atoms with Crippen molar-refractivity contribution in [1.82, 2.24) is 20.8 Å². The maximum absolute atomic E-state index is 13.8. The lowest BCUT2D eigenvalue weighted by Crippen LogP contribution is -2.36. The van der Waals surface area contributed by atoms with Crippen LogP contribution in [0.4, 0.5) is 4.39 Å². The van der Waals surface area contributed by atoms with Gasteiger partial charge < -0.3 is 10.6 Å². The van der Waals surface area contributed by atoms with Crippen LogP contribution in [0.3, 0.4) is 0 Å². The zero-order chi connectivity index (χ0) is 16.8. The van der Waals surface area contributed by atoms with Crippen LogP contribution >= 0.6 is 0 Å². The third kappa shape index (κ3) is 4.15. The first kappa shape index (κ1) is 16.7. The van der Waals surface area contributed by atoms with Crippen LogP contribution in [0, 0.1) is 11.7 Å². The molecule has 122 valence electrons. The molecule has 1 heterocycles. The molecule has 0 atom stereocenters. The van der Waals surface area contributed by atoms with Gasteiger partial charge in [0, 0.05) is 24.6 Å². The number of hydrogen-bond donors (Lipinski definition) is 3. The fourth-order valence-corrected chi connectivity index (χ4v) is 1.99. The van der Waals surface area contributed by atoms with Crippen LogP contribution in [0.5, 0.6) is 0 Å². The lowest BCUT2D eigenvalue weighted by molar-refractivity contribution is -0.123. The molecule has 7 heteroatoms. The quantitative estimate of drug-likeness (QED) is 0.709. The highest BCUT2D eigenvalue weighted by Crippen LogP contribution is 2.23. The first-order chi connectivity index (χ1) is 11.0. The number of amides is 2. The van der Waals surface area contributed by atoms with Crippen LogP contribution < -0.4 is 10.6 Å². The summed E-state index contributed by atoms with van der Waals surface area (Å²) in [6.07, 6.45) is 1.35. The lowest BCUT2D eigenvalue weighted by atomic mass is 10.1. The number of benzene rings is 1. The van der Waals surface area contributed by atoms with Gasteiger partial charge in [-0.3, -0.25) is 14.7 Å². The molecule has 0 saturated heterocycles. The molecule has 6 nitrogen and oxygen atoms in total. The average molecular weight is 318 g/mol. The molecule has 0 spiro atoms. The molecule has 0 unspecified atom stereocenters. The van der Waals surface area contributed by atoms with E-state index in [0.717, 1.165) is 0 Å². The van der Waals surface area contributed by atoms with E-state index in [0.29, 0.717) is 12.2 Å². The Kier molecular flexibility index (Phi) is 5.46. The van der Waals surface area contributed by atoms with Crippen molar-refractivity contribution in [2.24, 2.45) is 5.92 Å². The Morgan fingerprint density at radius 2 is 1.91 bits per heavy atom. The van der Waals surface area contributed by atoms with E-state index < -0.39 is 5.82 Å². The maximum atomic E-state index is 13.8. The first-order valence-electron chi connectivity index (χ1n) is 7.35. The molecule has 0 aliphatic rings. The summed E-state index contributed by atoms with van der Waals surface area (Å²) in [6, 6.07) is 6.15. The summed E-state index contributed by atoms with van der Waals surface area (Å²) in [5, 5.41) is 11.8. The van der Waals surface area contributed by atoms with Crippen molar-refractivity contribution in [3.05, 3.63) is 41.8 Å². The lowest BCUT2D eigenvalue weighted by Gasteiger charge is -2.09. The highest BCUT2D eigenvalue weighted by atomic mass is 19.1. The number of carbonyl (C=O) groups is 2. The number of aromatic nitrogens is 2. The fourth-order valence-electron chi connectivity index (χ4n) is 1.99. The summed E-state index contributed by atoms with van der Waals surface area (Å²) < 4.78 is 13.8. The summed E-state index contributed by atoms with van der Waals surface area (Å²) in [7, 11) is 0. The van der Waals surface area contributed by atoms with E-state index in [-0.39, 0.29) is 35.4 Å². The van der Waals surface area contributed by atoms with Crippen LogP contribution in [0.1, 0.15) is 24.2 Å². The van der Waals surface area contributed by atoms with E-state index >= 15 is 0 Å². The third-order valence-electron chi connectivity index (χ3n) is 3.26. The molecule has 2 amide bonds. The van der Waals surface area contributed by atoms with Crippen molar-refractivity contribution < 1.29 is 14.0 Å². The minimum Gasteiger partial charge on any atom is -0.354 e. The molecule has 2 aromatic rings. The number of nitrogens with zero attached hydrogens (tertiary/aromatic N) is 1. The van der Waals surface area contributed by atoms with Gasteiger partial charge in [-0.2, -0.15) is 5.10 Å². The second kappa shape index (κ2) is 7.53. The second-order valence-electron chi connectivity index (χ2n) is 5.34. The van der Waals surface area contributed by atoms with Crippen LogP contribution in [-0.4, -0.2) is 35.1 Å². The van der Waals surface area contributed by atoms with Crippen LogP contribution in [0.2, 0.25) is 0 Å². The summed E-state index contributed by atoms with van der Waals surface area (Å²) in [6.45, 7) is 4.19. The average Bonchev–Trinajstić information content (AvgIpc) is 3.00. The Balaban J connectivity index is 1.98. The van der Waals surface area contributed by atoms with Gasteiger partial charge in [0.25, 0.3) is 5.91 Å². The number of H-pyrrole nitrogens is 1. The molecule has 3 N–H and O–H groups in total. The normalized spacial score (nSPS) is 10.6. The van der Waals surface area contributed by atoms with Gasteiger partial charge in [0.05, 0.1) is 17.5 Å². The van der Waals surface area contributed by atoms with Crippen LogP contribution in [0.25, 0.3) is 11.3 Å². The summed E-state index contributed by atoms with van der Waals surface area (Å²) in [5.74, 6) is -0.993. The van der Waals surface area contributed by atoms with Crippen LogP contribution in [-0.2, 0) is 4.79 Å². The van der Waals surface area contributed by atoms with Crippen molar-refractivity contribution >= 4 is 11.8 Å². The Morgan fingerprint density at radius 1 is 1.22 bits per heavy atom. The predicted molar refractivity (Wildman–Crippen MR) is 84.2 cm³/mol. The highest BCUT2D eigenvalue weighted by Gasteiger charge is 2.17. The van der Waals surface area contributed by atoms with Crippen molar-refractivity contribution in [1.29, 1.82) is 0 Å². The molecule has 1 aromatic carbocycles. The molecule has 2 rings (SSSR count). The van der Waals surface area contributed by atoms with Crippen molar-refractivity contribution in [3.63, 3.8) is 0 Å². The van der Waals surface area contributed by atoms with E-state index in [1.54, 1.807) is 32.0 Å². The molecule has 0 bridgehead atoms. The van der Waals surface area contributed by atoms with Gasteiger partial charge in [0.2, 0.25) is 5.91 Å². The molecular weight excluding hydrogens is 299 g/mol. The number of hydrogen-bond acceptors (Lipinski definition) is 3. The predicted octanol–water partition coefficient (Wildman–Crippen LogP) is 1.72. The van der Waals surface area contributed by atoms with Crippen molar-refractivity contribution in [2.45, 2.75) is 13.8 Å². The Labute approximate surface area is 133 Å². The monoisotopic (exact) mass is 318 g/mol. The topological polar surface area (TPSA) is 86.9 Å². The summed E-state index contributed by atoms with van der Waals surface area (Å²) >= 11 is 0. The first-order valence-corrected chi connectivity index (χ1v) is 7.35. The summed E-state index contributed by atoms with van der Waals surface area (Å²) in [5.41, 5.74) is 0.861. The van der Waals surface area contributed by atoms with E-state index in [2.05, 4.69) is 20.8 Å². The van der Waals surface area contributed by atoms with Gasteiger partial charge in [-0.05, 0) is 12.1 Å². The molecule has 23 heavy (non-hydrogen) atoms. The third-order valence-corrected chi connectivity index (χ3v) is 3.26. The van der Waals surface area contributed by atoms with E-state index in [1.807, 2.05) is 0 Å². The standard InChI is InChI=1S/C16H19FN4O2/c1-10(2)15(22)18-7-8-19-16(23)12-9-20-21-14(12)11-5-3-4-6-13(11)17/h3-6,9-10H,7-8H2,1-2H3,(H,18,22)(H,19,23)(H,20,21). The molecule has 0 fully saturated rings. The Hall–Kier alpha value is -2.70. The van der Waals surface area contributed by atoms with E-state index in [4.69, 9.17) is 0 Å².